The molecule has 0 aliphatic carbocycles. The molecule has 1 N–H and O–H groups in total. The van der Waals surface area contributed by atoms with E-state index in [9.17, 15) is 4.79 Å². The molecule has 2 nitrogen and oxygen atoms in total. The van der Waals surface area contributed by atoms with Gasteiger partial charge in [0.05, 0.1) is 6.04 Å². The Hall–Kier alpha value is -0.280. The third-order valence-electron chi connectivity index (χ3n) is 1.81. The van der Waals surface area contributed by atoms with Gasteiger partial charge in [0.15, 0.2) is 5.78 Å². The summed E-state index contributed by atoms with van der Waals surface area (Å²) in [7, 11) is 1.83. The summed E-state index contributed by atoms with van der Waals surface area (Å²) in [5.74, 6) is 1.34. The SMILES string of the molecule is CNC(C(C)=O)C1=CSCC1. The highest BCUT2D eigenvalue weighted by molar-refractivity contribution is 8.02. The van der Waals surface area contributed by atoms with Crippen LogP contribution in [0.15, 0.2) is 11.0 Å². The van der Waals surface area contributed by atoms with E-state index in [1.807, 2.05) is 7.05 Å². The van der Waals surface area contributed by atoms with Gasteiger partial charge in [-0.2, -0.15) is 0 Å². The van der Waals surface area contributed by atoms with Gasteiger partial charge in [-0.1, -0.05) is 0 Å². The van der Waals surface area contributed by atoms with Crippen molar-refractivity contribution in [3.63, 3.8) is 0 Å². The molecule has 0 radical (unpaired) electrons. The van der Waals surface area contributed by atoms with Gasteiger partial charge in [0.1, 0.15) is 0 Å². The van der Waals surface area contributed by atoms with Crippen molar-refractivity contribution in [1.29, 1.82) is 0 Å². The van der Waals surface area contributed by atoms with Crippen molar-refractivity contribution in [3.05, 3.63) is 11.0 Å². The van der Waals surface area contributed by atoms with Gasteiger partial charge in [0, 0.05) is 5.75 Å². The minimum atomic E-state index is -0.0370. The molecule has 3 heteroatoms. The van der Waals surface area contributed by atoms with E-state index < -0.39 is 0 Å². The molecule has 0 saturated carbocycles. The Morgan fingerprint density at radius 1 is 1.82 bits per heavy atom. The highest BCUT2D eigenvalue weighted by atomic mass is 32.2. The second-order valence-electron chi connectivity index (χ2n) is 2.65. The molecule has 1 unspecified atom stereocenters. The first-order chi connectivity index (χ1) is 5.25. The van der Waals surface area contributed by atoms with E-state index in [0.717, 1.165) is 12.2 Å². The van der Waals surface area contributed by atoms with Crippen molar-refractivity contribution in [3.8, 4) is 0 Å². The molecule has 62 valence electrons. The Morgan fingerprint density at radius 3 is 2.91 bits per heavy atom. The highest BCUT2D eigenvalue weighted by Gasteiger charge is 2.19. The average molecular weight is 171 g/mol. The number of hydrogen-bond acceptors (Lipinski definition) is 3. The molecule has 0 amide bonds. The summed E-state index contributed by atoms with van der Waals surface area (Å²) in [6.45, 7) is 1.63. The number of ketones is 1. The van der Waals surface area contributed by atoms with Gasteiger partial charge in [-0.3, -0.25) is 4.79 Å². The van der Waals surface area contributed by atoms with Crippen molar-refractivity contribution < 1.29 is 4.79 Å². The molecule has 1 heterocycles. The number of carbonyl (C=O) groups is 1. The molecule has 0 bridgehead atoms. The lowest BCUT2D eigenvalue weighted by atomic mass is 10.0. The number of carbonyl (C=O) groups excluding carboxylic acids is 1. The van der Waals surface area contributed by atoms with Crippen LogP contribution in [0.25, 0.3) is 0 Å². The largest absolute Gasteiger partial charge is 0.307 e. The van der Waals surface area contributed by atoms with E-state index in [1.165, 1.54) is 5.57 Å². The molecule has 0 fully saturated rings. The van der Waals surface area contributed by atoms with Crippen LogP contribution in [-0.4, -0.2) is 24.6 Å². The maximum absolute atomic E-state index is 11.0. The fourth-order valence-electron chi connectivity index (χ4n) is 1.26. The highest BCUT2D eigenvalue weighted by Crippen LogP contribution is 2.24. The summed E-state index contributed by atoms with van der Waals surface area (Å²) in [6.07, 6.45) is 1.05. The van der Waals surface area contributed by atoms with E-state index >= 15 is 0 Å². The van der Waals surface area contributed by atoms with Gasteiger partial charge in [0.2, 0.25) is 0 Å². The Bertz CT molecular complexity index is 189. The molecular formula is C8H13NOS. The zero-order valence-electron chi connectivity index (χ0n) is 6.89. The number of rotatable bonds is 3. The molecule has 1 aliphatic heterocycles. The molecule has 0 saturated heterocycles. The minimum Gasteiger partial charge on any atom is -0.307 e. The standard InChI is InChI=1S/C8H13NOS/c1-6(10)8(9-2)7-3-4-11-5-7/h5,8-9H,3-4H2,1-2H3. The lowest BCUT2D eigenvalue weighted by Gasteiger charge is -2.12. The van der Waals surface area contributed by atoms with Crippen LogP contribution in [0, 0.1) is 0 Å². The third kappa shape index (κ3) is 2.07. The van der Waals surface area contributed by atoms with Gasteiger partial charge < -0.3 is 5.32 Å². The van der Waals surface area contributed by atoms with E-state index in [-0.39, 0.29) is 11.8 Å². The predicted octanol–water partition coefficient (Wildman–Crippen LogP) is 1.18. The summed E-state index contributed by atoms with van der Waals surface area (Å²) in [5.41, 5.74) is 1.24. The molecule has 0 spiro atoms. The average Bonchev–Trinajstić information content (AvgIpc) is 2.40. The van der Waals surface area contributed by atoms with Crippen molar-refractivity contribution in [2.45, 2.75) is 19.4 Å². The van der Waals surface area contributed by atoms with Crippen LogP contribution in [0.1, 0.15) is 13.3 Å². The Balaban J connectivity index is 2.61. The Kier molecular flexibility index (Phi) is 3.15. The maximum Gasteiger partial charge on any atom is 0.150 e. The molecule has 1 rings (SSSR count). The molecule has 1 atom stereocenters. The van der Waals surface area contributed by atoms with Crippen LogP contribution in [0.2, 0.25) is 0 Å². The first-order valence-corrected chi connectivity index (χ1v) is 4.79. The molecule has 1 aliphatic rings. The second-order valence-corrected chi connectivity index (χ2v) is 3.62. The Labute approximate surface area is 71.4 Å². The zero-order valence-corrected chi connectivity index (χ0v) is 7.70. The van der Waals surface area contributed by atoms with Crippen LogP contribution < -0.4 is 5.32 Å². The number of likely N-dealkylation sites (N-methyl/N-ethyl adjacent to an activating group) is 1. The molecule has 0 aromatic heterocycles. The summed E-state index contributed by atoms with van der Waals surface area (Å²) >= 11 is 1.79. The predicted molar refractivity (Wildman–Crippen MR) is 48.7 cm³/mol. The lowest BCUT2D eigenvalue weighted by molar-refractivity contribution is -0.118. The number of thioether (sulfide) groups is 1. The minimum absolute atomic E-state index is 0.0370. The quantitative estimate of drug-likeness (QED) is 0.691. The summed E-state index contributed by atoms with van der Waals surface area (Å²) < 4.78 is 0. The maximum atomic E-state index is 11.0. The van der Waals surface area contributed by atoms with Gasteiger partial charge in [-0.05, 0) is 31.4 Å². The number of Topliss-reactive ketones (excluding diaryl/α,β-unsaturated/α-hetero) is 1. The third-order valence-corrected chi connectivity index (χ3v) is 2.72. The van der Waals surface area contributed by atoms with Crippen LogP contribution >= 0.6 is 11.8 Å². The summed E-state index contributed by atoms with van der Waals surface area (Å²) in [5, 5.41) is 5.11. The van der Waals surface area contributed by atoms with E-state index in [0.29, 0.717) is 0 Å². The van der Waals surface area contributed by atoms with Crippen molar-refractivity contribution >= 4 is 17.5 Å². The topological polar surface area (TPSA) is 29.1 Å². The van der Waals surface area contributed by atoms with Crippen molar-refractivity contribution in [2.24, 2.45) is 0 Å². The molecular weight excluding hydrogens is 158 g/mol. The zero-order chi connectivity index (χ0) is 8.27. The van der Waals surface area contributed by atoms with E-state index in [4.69, 9.17) is 0 Å². The molecule has 11 heavy (non-hydrogen) atoms. The smallest absolute Gasteiger partial charge is 0.150 e. The number of nitrogens with one attached hydrogen (secondary N) is 1. The molecule has 0 aromatic carbocycles. The van der Waals surface area contributed by atoms with E-state index in [2.05, 4.69) is 10.7 Å². The normalized spacial score (nSPS) is 19.6. The van der Waals surface area contributed by atoms with Crippen molar-refractivity contribution in [1.82, 2.24) is 5.32 Å². The van der Waals surface area contributed by atoms with Gasteiger partial charge in [0.25, 0.3) is 0 Å². The van der Waals surface area contributed by atoms with Crippen LogP contribution in [0.5, 0.6) is 0 Å². The van der Waals surface area contributed by atoms with Crippen LogP contribution in [0.3, 0.4) is 0 Å². The number of hydrogen-bond donors (Lipinski definition) is 1. The monoisotopic (exact) mass is 171 g/mol. The Morgan fingerprint density at radius 2 is 2.55 bits per heavy atom. The van der Waals surface area contributed by atoms with Crippen LogP contribution in [-0.2, 0) is 4.79 Å². The second kappa shape index (κ2) is 3.93. The fourth-order valence-corrected chi connectivity index (χ4v) is 2.20. The molecule has 0 aromatic rings. The fraction of sp³-hybridized carbons (Fsp3) is 0.625. The van der Waals surface area contributed by atoms with Crippen LogP contribution in [0.4, 0.5) is 0 Å². The van der Waals surface area contributed by atoms with Gasteiger partial charge >= 0.3 is 0 Å². The lowest BCUT2D eigenvalue weighted by Crippen LogP contribution is -2.33. The van der Waals surface area contributed by atoms with Crippen molar-refractivity contribution in [2.75, 3.05) is 12.8 Å². The first-order valence-electron chi connectivity index (χ1n) is 3.74. The van der Waals surface area contributed by atoms with Gasteiger partial charge in [-0.25, -0.2) is 0 Å². The first kappa shape index (κ1) is 8.81. The summed E-state index contributed by atoms with van der Waals surface area (Å²) in [6, 6.07) is -0.0370. The van der Waals surface area contributed by atoms with E-state index in [1.54, 1.807) is 18.7 Å². The summed E-state index contributed by atoms with van der Waals surface area (Å²) in [4.78, 5) is 11.0. The van der Waals surface area contributed by atoms with Gasteiger partial charge in [-0.15, -0.1) is 11.8 Å².